The van der Waals surface area contributed by atoms with E-state index in [-0.39, 0.29) is 12.3 Å². The summed E-state index contributed by atoms with van der Waals surface area (Å²) in [6.45, 7) is -0.999. The highest BCUT2D eigenvalue weighted by atomic mass is 19.4. The topological polar surface area (TPSA) is 12.5 Å². The third kappa shape index (κ3) is 4.60. The third-order valence-electron chi connectivity index (χ3n) is 2.12. The van der Waals surface area contributed by atoms with Crippen LogP contribution < -0.4 is 4.74 Å². The molecule has 0 aliphatic heterocycles. The average molecular weight is 251 g/mol. The number of benzene rings is 1. The molecule has 0 atom stereocenters. The molecule has 1 aromatic rings. The number of methoxy groups -OCH3 is 1. The molecule has 1 aromatic carbocycles. The summed E-state index contributed by atoms with van der Waals surface area (Å²) < 4.78 is 54.2. The smallest absolute Gasteiger partial charge is 0.401 e. The van der Waals surface area contributed by atoms with Crippen LogP contribution in [-0.2, 0) is 6.54 Å². The Kier molecular flexibility index (Phi) is 4.34. The largest absolute Gasteiger partial charge is 0.494 e. The fraction of sp³-hybridized carbons (Fsp3) is 0.455. The zero-order valence-electron chi connectivity index (χ0n) is 9.51. The van der Waals surface area contributed by atoms with Gasteiger partial charge in [-0.15, -0.1) is 0 Å². The molecule has 96 valence electrons. The van der Waals surface area contributed by atoms with E-state index in [0.717, 1.165) is 4.90 Å². The number of nitrogens with zero attached hydrogens (tertiary/aromatic N) is 1. The number of halogens is 4. The van der Waals surface area contributed by atoms with Crippen molar-refractivity contribution in [2.75, 3.05) is 20.7 Å². The zero-order chi connectivity index (χ0) is 13.1. The first kappa shape index (κ1) is 13.8. The molecular weight excluding hydrogens is 238 g/mol. The fourth-order valence-electron chi connectivity index (χ4n) is 1.48. The van der Waals surface area contributed by atoms with Gasteiger partial charge in [0, 0.05) is 6.54 Å². The summed E-state index contributed by atoms with van der Waals surface area (Å²) in [4.78, 5) is 1.07. The first-order chi connectivity index (χ1) is 7.81. The minimum absolute atomic E-state index is 0.0282. The standard InChI is InChI=1S/C11H13F4NO/c1-16(7-11(13,14)15)6-8-3-4-10(17-2)9(12)5-8/h3-5H,6-7H2,1-2H3. The number of hydrogen-bond donors (Lipinski definition) is 0. The Bertz CT molecular complexity index is 378. The SMILES string of the molecule is COc1ccc(CN(C)CC(F)(F)F)cc1F. The highest BCUT2D eigenvalue weighted by molar-refractivity contribution is 5.29. The molecule has 0 aliphatic rings. The molecule has 0 fully saturated rings. The lowest BCUT2D eigenvalue weighted by atomic mass is 10.2. The second-order valence-electron chi connectivity index (χ2n) is 3.76. The molecule has 0 amide bonds. The molecule has 0 aliphatic carbocycles. The lowest BCUT2D eigenvalue weighted by Crippen LogP contribution is -2.30. The molecule has 0 saturated heterocycles. The Labute approximate surface area is 96.8 Å². The summed E-state index contributed by atoms with van der Waals surface area (Å²) in [5.74, 6) is -0.502. The van der Waals surface area contributed by atoms with Crippen molar-refractivity contribution < 1.29 is 22.3 Å². The van der Waals surface area contributed by atoms with Crippen LogP contribution in [-0.4, -0.2) is 31.8 Å². The predicted molar refractivity (Wildman–Crippen MR) is 55.3 cm³/mol. The number of ether oxygens (including phenoxy) is 1. The average Bonchev–Trinajstić information content (AvgIpc) is 2.14. The van der Waals surface area contributed by atoms with Crippen LogP contribution in [0.25, 0.3) is 0 Å². The van der Waals surface area contributed by atoms with Crippen LogP contribution in [0, 0.1) is 5.82 Å². The van der Waals surface area contributed by atoms with Crippen LogP contribution in [0.4, 0.5) is 17.6 Å². The van der Waals surface area contributed by atoms with Gasteiger partial charge in [-0.25, -0.2) is 4.39 Å². The van der Waals surface area contributed by atoms with E-state index in [1.165, 1.54) is 32.4 Å². The summed E-state index contributed by atoms with van der Waals surface area (Å²) in [6, 6.07) is 4.10. The quantitative estimate of drug-likeness (QED) is 0.763. The van der Waals surface area contributed by atoms with Crippen LogP contribution in [0.1, 0.15) is 5.56 Å². The van der Waals surface area contributed by atoms with Gasteiger partial charge in [0.05, 0.1) is 13.7 Å². The summed E-state index contributed by atoms with van der Waals surface area (Å²) in [5.41, 5.74) is 0.468. The van der Waals surface area contributed by atoms with Crippen molar-refractivity contribution in [1.82, 2.24) is 4.90 Å². The van der Waals surface area contributed by atoms with Crippen LogP contribution in [0.2, 0.25) is 0 Å². The van der Waals surface area contributed by atoms with E-state index < -0.39 is 18.5 Å². The van der Waals surface area contributed by atoms with Crippen molar-refractivity contribution in [3.05, 3.63) is 29.6 Å². The van der Waals surface area contributed by atoms with Gasteiger partial charge in [0.2, 0.25) is 0 Å². The summed E-state index contributed by atoms with van der Waals surface area (Å²) in [5, 5.41) is 0. The molecule has 6 heteroatoms. The molecule has 0 saturated carbocycles. The Morgan fingerprint density at radius 3 is 2.41 bits per heavy atom. The Balaban J connectivity index is 2.66. The maximum atomic E-state index is 13.3. The van der Waals surface area contributed by atoms with Gasteiger partial charge in [0.15, 0.2) is 11.6 Å². The molecule has 0 bridgehead atoms. The summed E-state index contributed by atoms with van der Waals surface area (Å²) in [7, 11) is 2.66. The first-order valence-corrected chi connectivity index (χ1v) is 4.89. The third-order valence-corrected chi connectivity index (χ3v) is 2.12. The van der Waals surface area contributed by atoms with E-state index in [1.54, 1.807) is 0 Å². The summed E-state index contributed by atoms with van der Waals surface area (Å²) in [6.07, 6.45) is -4.25. The van der Waals surface area contributed by atoms with Gasteiger partial charge >= 0.3 is 6.18 Å². The lowest BCUT2D eigenvalue weighted by molar-refractivity contribution is -0.144. The van der Waals surface area contributed by atoms with Gasteiger partial charge in [-0.2, -0.15) is 13.2 Å². The van der Waals surface area contributed by atoms with E-state index in [1.807, 2.05) is 0 Å². The van der Waals surface area contributed by atoms with Crippen LogP contribution in [0.5, 0.6) is 5.75 Å². The van der Waals surface area contributed by atoms with Crippen molar-refractivity contribution in [2.45, 2.75) is 12.7 Å². The second kappa shape index (κ2) is 5.35. The predicted octanol–water partition coefficient (Wildman–Crippen LogP) is 2.83. The first-order valence-electron chi connectivity index (χ1n) is 4.89. The minimum atomic E-state index is -4.25. The number of hydrogen-bond acceptors (Lipinski definition) is 2. The highest BCUT2D eigenvalue weighted by Crippen LogP contribution is 2.20. The lowest BCUT2D eigenvalue weighted by Gasteiger charge is -2.18. The van der Waals surface area contributed by atoms with Gasteiger partial charge in [-0.1, -0.05) is 6.07 Å². The van der Waals surface area contributed by atoms with Crippen molar-refractivity contribution in [2.24, 2.45) is 0 Å². The maximum absolute atomic E-state index is 13.3. The van der Waals surface area contributed by atoms with Gasteiger partial charge in [0.1, 0.15) is 0 Å². The van der Waals surface area contributed by atoms with Crippen molar-refractivity contribution in [1.29, 1.82) is 0 Å². The molecular formula is C11H13F4NO. The zero-order valence-corrected chi connectivity index (χ0v) is 9.51. The molecule has 0 heterocycles. The molecule has 0 unspecified atom stereocenters. The summed E-state index contributed by atoms with van der Waals surface area (Å²) >= 11 is 0. The van der Waals surface area contributed by atoms with Gasteiger partial charge in [-0.05, 0) is 24.7 Å². The Hall–Kier alpha value is -1.30. The normalized spacial score (nSPS) is 11.9. The van der Waals surface area contributed by atoms with Crippen LogP contribution in [0.3, 0.4) is 0 Å². The van der Waals surface area contributed by atoms with Crippen molar-refractivity contribution in [3.8, 4) is 5.75 Å². The van der Waals surface area contributed by atoms with E-state index in [2.05, 4.69) is 0 Å². The molecule has 2 nitrogen and oxygen atoms in total. The second-order valence-corrected chi connectivity index (χ2v) is 3.76. The van der Waals surface area contributed by atoms with E-state index in [0.29, 0.717) is 5.56 Å². The molecule has 0 spiro atoms. The molecule has 0 N–H and O–H groups in total. The monoisotopic (exact) mass is 251 g/mol. The van der Waals surface area contributed by atoms with Gasteiger partial charge in [0.25, 0.3) is 0 Å². The molecule has 0 radical (unpaired) electrons. The van der Waals surface area contributed by atoms with Gasteiger partial charge in [-0.3, -0.25) is 4.90 Å². The Morgan fingerprint density at radius 2 is 1.94 bits per heavy atom. The van der Waals surface area contributed by atoms with E-state index in [4.69, 9.17) is 4.74 Å². The number of alkyl halides is 3. The van der Waals surface area contributed by atoms with Crippen LogP contribution >= 0.6 is 0 Å². The maximum Gasteiger partial charge on any atom is 0.401 e. The fourth-order valence-corrected chi connectivity index (χ4v) is 1.48. The molecule has 0 aromatic heterocycles. The number of rotatable bonds is 4. The molecule has 17 heavy (non-hydrogen) atoms. The van der Waals surface area contributed by atoms with Gasteiger partial charge < -0.3 is 4.74 Å². The van der Waals surface area contributed by atoms with E-state index in [9.17, 15) is 17.6 Å². The van der Waals surface area contributed by atoms with Crippen molar-refractivity contribution >= 4 is 0 Å². The molecule has 1 rings (SSSR count). The van der Waals surface area contributed by atoms with Crippen LogP contribution in [0.15, 0.2) is 18.2 Å². The highest BCUT2D eigenvalue weighted by Gasteiger charge is 2.29. The Morgan fingerprint density at radius 1 is 1.29 bits per heavy atom. The minimum Gasteiger partial charge on any atom is -0.494 e. The van der Waals surface area contributed by atoms with E-state index >= 15 is 0 Å². The van der Waals surface area contributed by atoms with Crippen molar-refractivity contribution in [3.63, 3.8) is 0 Å².